The van der Waals surface area contributed by atoms with Crippen molar-refractivity contribution in [1.82, 2.24) is 0 Å². The highest BCUT2D eigenvalue weighted by atomic mass is 32.2. The molecule has 1 aliphatic carbocycles. The maximum absolute atomic E-state index is 4.33. The van der Waals surface area contributed by atoms with Crippen LogP contribution in [0.3, 0.4) is 0 Å². The van der Waals surface area contributed by atoms with E-state index < -0.39 is 0 Å². The normalized spacial score (nSPS) is 31.1. The van der Waals surface area contributed by atoms with E-state index in [1.807, 2.05) is 0 Å². The summed E-state index contributed by atoms with van der Waals surface area (Å²) in [5.41, 5.74) is 1.18. The van der Waals surface area contributed by atoms with E-state index >= 15 is 0 Å². The van der Waals surface area contributed by atoms with E-state index in [0.717, 1.165) is 11.2 Å². The quantitative estimate of drug-likeness (QED) is 0.443. The van der Waals surface area contributed by atoms with E-state index in [2.05, 4.69) is 25.2 Å². The fourth-order valence-electron chi connectivity index (χ4n) is 0.966. The molecule has 0 spiro atoms. The van der Waals surface area contributed by atoms with Crippen LogP contribution in [0.2, 0.25) is 0 Å². The Kier molecular flexibility index (Phi) is 2.78. The first kappa shape index (κ1) is 8.12. The molecule has 1 saturated carbocycles. The molecule has 1 rings (SSSR count). The molecular formula is C8H15NS. The van der Waals surface area contributed by atoms with Gasteiger partial charge in [-0.3, -0.25) is 0 Å². The van der Waals surface area contributed by atoms with Gasteiger partial charge in [-0.05, 0) is 44.6 Å². The lowest BCUT2D eigenvalue weighted by molar-refractivity contribution is 0.363. The molecule has 58 valence electrons. The maximum Gasteiger partial charge on any atom is 0.0292 e. The molecule has 1 aliphatic rings. The highest BCUT2D eigenvalue weighted by Gasteiger charge is 2.26. The van der Waals surface area contributed by atoms with Crippen molar-refractivity contribution in [2.45, 2.75) is 38.9 Å². The van der Waals surface area contributed by atoms with E-state index in [1.165, 1.54) is 18.6 Å². The highest BCUT2D eigenvalue weighted by Crippen LogP contribution is 2.37. The zero-order chi connectivity index (χ0) is 7.56. The van der Waals surface area contributed by atoms with Crippen LogP contribution in [-0.4, -0.2) is 11.0 Å². The van der Waals surface area contributed by atoms with Crippen LogP contribution in [0.4, 0.5) is 0 Å². The molecule has 0 radical (unpaired) electrons. The van der Waals surface area contributed by atoms with Gasteiger partial charge in [-0.1, -0.05) is 6.92 Å². The largest absolute Gasteiger partial charge is 0.226 e. The first-order valence-corrected chi connectivity index (χ1v) is 4.71. The lowest BCUT2D eigenvalue weighted by atomic mass is 9.87. The zero-order valence-electron chi connectivity index (χ0n) is 6.92. The van der Waals surface area contributed by atoms with Crippen molar-refractivity contribution >= 4 is 17.7 Å². The minimum atomic E-state index is 0.815. The Labute approximate surface area is 67.4 Å². The summed E-state index contributed by atoms with van der Waals surface area (Å²) in [7, 11) is 0. The molecule has 0 aromatic heterocycles. The van der Waals surface area contributed by atoms with Crippen LogP contribution >= 0.6 is 11.9 Å². The van der Waals surface area contributed by atoms with Crippen LogP contribution < -0.4 is 0 Å². The van der Waals surface area contributed by atoms with Gasteiger partial charge >= 0.3 is 0 Å². The lowest BCUT2D eigenvalue weighted by Crippen LogP contribution is -2.24. The van der Waals surface area contributed by atoms with E-state index in [1.54, 1.807) is 11.9 Å². The molecule has 0 N–H and O–H groups in total. The Balaban J connectivity index is 2.20. The summed E-state index contributed by atoms with van der Waals surface area (Å²) in [6.45, 7) is 6.41. The van der Waals surface area contributed by atoms with Crippen molar-refractivity contribution in [2.24, 2.45) is 10.3 Å². The summed E-state index contributed by atoms with van der Waals surface area (Å²) in [6, 6.07) is 0. The lowest BCUT2D eigenvalue weighted by Gasteiger charge is -2.31. The topological polar surface area (TPSA) is 12.4 Å². The third-order valence-corrected chi connectivity index (χ3v) is 3.35. The molecule has 0 aromatic rings. The Morgan fingerprint density at radius 1 is 1.40 bits per heavy atom. The van der Waals surface area contributed by atoms with Crippen molar-refractivity contribution in [3.05, 3.63) is 0 Å². The van der Waals surface area contributed by atoms with Gasteiger partial charge < -0.3 is 0 Å². The van der Waals surface area contributed by atoms with Crippen LogP contribution in [0.1, 0.15) is 33.6 Å². The van der Waals surface area contributed by atoms with Crippen molar-refractivity contribution in [1.29, 1.82) is 0 Å². The second kappa shape index (κ2) is 3.42. The van der Waals surface area contributed by atoms with Gasteiger partial charge in [0.2, 0.25) is 0 Å². The predicted molar refractivity (Wildman–Crippen MR) is 48.6 cm³/mol. The van der Waals surface area contributed by atoms with E-state index in [-0.39, 0.29) is 0 Å². The average molecular weight is 157 g/mol. The van der Waals surface area contributed by atoms with Crippen molar-refractivity contribution in [2.75, 3.05) is 0 Å². The summed E-state index contributed by atoms with van der Waals surface area (Å²) >= 11 is 1.77. The van der Waals surface area contributed by atoms with Crippen molar-refractivity contribution in [3.63, 3.8) is 0 Å². The summed E-state index contributed by atoms with van der Waals surface area (Å²) in [5, 5.41) is 0.815. The second-order valence-corrected chi connectivity index (χ2v) is 4.24. The summed E-state index contributed by atoms with van der Waals surface area (Å²) in [6.07, 6.45) is 2.76. The van der Waals surface area contributed by atoms with Crippen LogP contribution in [0, 0.1) is 5.92 Å². The van der Waals surface area contributed by atoms with E-state index in [4.69, 9.17) is 0 Å². The van der Waals surface area contributed by atoms with E-state index in [0.29, 0.717) is 0 Å². The molecule has 10 heavy (non-hydrogen) atoms. The predicted octanol–water partition coefficient (Wildman–Crippen LogP) is 2.91. The standard InChI is InChI=1S/C8H15NS/c1-6(2)9-10-8-5-4-7(8)3/h7-8H,4-5H2,1-3H3. The molecule has 0 saturated heterocycles. The van der Waals surface area contributed by atoms with Gasteiger partial charge in [-0.15, -0.1) is 0 Å². The monoisotopic (exact) mass is 157 g/mol. The Bertz CT molecular complexity index is 138. The minimum absolute atomic E-state index is 0.815. The summed E-state index contributed by atoms with van der Waals surface area (Å²) in [4.78, 5) is 0. The summed E-state index contributed by atoms with van der Waals surface area (Å²) < 4.78 is 4.33. The van der Waals surface area contributed by atoms with Gasteiger partial charge in [-0.25, -0.2) is 4.40 Å². The zero-order valence-corrected chi connectivity index (χ0v) is 7.74. The minimum Gasteiger partial charge on any atom is -0.226 e. The SMILES string of the molecule is CC(C)=NSC1CCC1C. The second-order valence-electron chi connectivity index (χ2n) is 3.24. The molecule has 1 nitrogen and oxygen atoms in total. The smallest absolute Gasteiger partial charge is 0.0292 e. The molecular weight excluding hydrogens is 142 g/mol. The molecule has 1 fully saturated rings. The molecule has 0 amide bonds. The highest BCUT2D eigenvalue weighted by molar-refractivity contribution is 7.98. The Hall–Kier alpha value is 0.0200. The molecule has 0 bridgehead atoms. The van der Waals surface area contributed by atoms with Gasteiger partial charge in [-0.2, -0.15) is 0 Å². The molecule has 0 aromatic carbocycles. The van der Waals surface area contributed by atoms with E-state index in [9.17, 15) is 0 Å². The van der Waals surface area contributed by atoms with Crippen LogP contribution in [0.15, 0.2) is 4.40 Å². The van der Waals surface area contributed by atoms with Crippen LogP contribution in [0.5, 0.6) is 0 Å². The van der Waals surface area contributed by atoms with Crippen LogP contribution in [0.25, 0.3) is 0 Å². The number of hydrogen-bond donors (Lipinski definition) is 0. The van der Waals surface area contributed by atoms with Gasteiger partial charge in [0.05, 0.1) is 0 Å². The van der Waals surface area contributed by atoms with Gasteiger partial charge in [0, 0.05) is 11.0 Å². The van der Waals surface area contributed by atoms with Gasteiger partial charge in [0.15, 0.2) is 0 Å². The van der Waals surface area contributed by atoms with Gasteiger partial charge in [0.1, 0.15) is 0 Å². The van der Waals surface area contributed by atoms with Crippen LogP contribution in [-0.2, 0) is 0 Å². The molecule has 2 atom stereocenters. The Morgan fingerprint density at radius 3 is 2.40 bits per heavy atom. The van der Waals surface area contributed by atoms with Gasteiger partial charge in [0.25, 0.3) is 0 Å². The molecule has 2 unspecified atom stereocenters. The molecule has 0 aliphatic heterocycles. The molecule has 2 heteroatoms. The summed E-state index contributed by atoms with van der Waals surface area (Å²) in [5.74, 6) is 0.896. The number of hydrogen-bond acceptors (Lipinski definition) is 2. The molecule has 0 heterocycles. The third-order valence-electron chi connectivity index (χ3n) is 1.91. The number of rotatable bonds is 2. The maximum atomic E-state index is 4.33. The van der Waals surface area contributed by atoms with Crippen molar-refractivity contribution in [3.8, 4) is 0 Å². The average Bonchev–Trinajstić information content (AvgIpc) is 1.84. The fraction of sp³-hybridized carbons (Fsp3) is 0.875. The first-order chi connectivity index (χ1) is 4.70. The Morgan fingerprint density at radius 2 is 2.10 bits per heavy atom. The number of nitrogens with zero attached hydrogens (tertiary/aromatic N) is 1. The van der Waals surface area contributed by atoms with Crippen molar-refractivity contribution < 1.29 is 0 Å². The fourth-order valence-corrected chi connectivity index (χ4v) is 1.90. The third kappa shape index (κ3) is 2.01. The first-order valence-electron chi connectivity index (χ1n) is 3.87.